The lowest BCUT2D eigenvalue weighted by molar-refractivity contribution is -0.121. The monoisotopic (exact) mass is 244 g/mol. The third kappa shape index (κ3) is 10.3. The number of hydrogen-bond acceptors (Lipinski definition) is 3. The van der Waals surface area contributed by atoms with Gasteiger partial charge in [0.2, 0.25) is 5.91 Å². The Morgan fingerprint density at radius 3 is 2.65 bits per heavy atom. The number of rotatable bonds is 10. The summed E-state index contributed by atoms with van der Waals surface area (Å²) >= 11 is 0. The van der Waals surface area contributed by atoms with Crippen molar-refractivity contribution in [2.45, 2.75) is 46.5 Å². The van der Waals surface area contributed by atoms with E-state index in [2.05, 4.69) is 19.2 Å². The van der Waals surface area contributed by atoms with E-state index in [1.165, 1.54) is 0 Å². The molecular weight excluding hydrogens is 216 g/mol. The van der Waals surface area contributed by atoms with Gasteiger partial charge >= 0.3 is 0 Å². The average Bonchev–Trinajstić information content (AvgIpc) is 2.30. The molecule has 1 amide bonds. The van der Waals surface area contributed by atoms with Gasteiger partial charge in [-0.3, -0.25) is 4.79 Å². The van der Waals surface area contributed by atoms with Gasteiger partial charge in [-0.05, 0) is 38.1 Å². The molecule has 0 aromatic rings. The van der Waals surface area contributed by atoms with Crippen molar-refractivity contribution in [2.75, 3.05) is 26.3 Å². The number of hydrogen-bond donors (Lipinski definition) is 2. The smallest absolute Gasteiger partial charge is 0.220 e. The van der Waals surface area contributed by atoms with Gasteiger partial charge in [-0.15, -0.1) is 0 Å². The fourth-order valence-corrected chi connectivity index (χ4v) is 1.57. The van der Waals surface area contributed by atoms with Crippen LogP contribution >= 0.6 is 0 Å². The van der Waals surface area contributed by atoms with Crippen LogP contribution < -0.4 is 11.1 Å². The second-order valence-corrected chi connectivity index (χ2v) is 5.13. The SMILES string of the molecule is CCOCCCC(=O)NCC(C)(C)CCCN. The molecule has 17 heavy (non-hydrogen) atoms. The van der Waals surface area contributed by atoms with Gasteiger partial charge in [0.1, 0.15) is 0 Å². The van der Waals surface area contributed by atoms with Crippen molar-refractivity contribution in [2.24, 2.45) is 11.1 Å². The van der Waals surface area contributed by atoms with Gasteiger partial charge in [0, 0.05) is 26.2 Å². The van der Waals surface area contributed by atoms with E-state index >= 15 is 0 Å². The van der Waals surface area contributed by atoms with Crippen molar-refractivity contribution in [3.8, 4) is 0 Å². The first-order chi connectivity index (χ1) is 8.02. The zero-order valence-electron chi connectivity index (χ0n) is 11.6. The molecule has 3 N–H and O–H groups in total. The first-order valence-corrected chi connectivity index (χ1v) is 6.56. The molecule has 0 atom stereocenters. The average molecular weight is 244 g/mol. The van der Waals surface area contributed by atoms with Crippen LogP contribution in [0.25, 0.3) is 0 Å². The number of carbonyl (C=O) groups excluding carboxylic acids is 1. The summed E-state index contributed by atoms with van der Waals surface area (Å²) < 4.78 is 5.19. The highest BCUT2D eigenvalue weighted by atomic mass is 16.5. The maximum Gasteiger partial charge on any atom is 0.220 e. The van der Waals surface area contributed by atoms with Crippen LogP contribution in [0.5, 0.6) is 0 Å². The standard InChI is InChI=1S/C13H28N2O2/c1-4-17-10-5-7-12(16)15-11-13(2,3)8-6-9-14/h4-11,14H2,1-3H3,(H,15,16). The van der Waals surface area contributed by atoms with Gasteiger partial charge < -0.3 is 15.8 Å². The maximum absolute atomic E-state index is 11.5. The second kappa shape index (κ2) is 9.42. The van der Waals surface area contributed by atoms with E-state index in [0.29, 0.717) is 26.2 Å². The highest BCUT2D eigenvalue weighted by Crippen LogP contribution is 2.20. The first kappa shape index (κ1) is 16.4. The Labute approximate surface area is 105 Å². The summed E-state index contributed by atoms with van der Waals surface area (Å²) in [5.74, 6) is 0.116. The van der Waals surface area contributed by atoms with Crippen molar-refractivity contribution in [1.82, 2.24) is 5.32 Å². The third-order valence-electron chi connectivity index (χ3n) is 2.72. The predicted molar refractivity (Wildman–Crippen MR) is 70.8 cm³/mol. The van der Waals surface area contributed by atoms with Crippen LogP contribution in [0.1, 0.15) is 46.5 Å². The minimum atomic E-state index is 0.116. The van der Waals surface area contributed by atoms with Crippen molar-refractivity contribution in [1.29, 1.82) is 0 Å². The molecule has 0 saturated carbocycles. The second-order valence-electron chi connectivity index (χ2n) is 5.13. The molecule has 0 aromatic carbocycles. The van der Waals surface area contributed by atoms with E-state index in [0.717, 1.165) is 25.8 Å². The third-order valence-corrected chi connectivity index (χ3v) is 2.72. The van der Waals surface area contributed by atoms with Gasteiger partial charge in [-0.25, -0.2) is 0 Å². The van der Waals surface area contributed by atoms with Crippen molar-refractivity contribution in [3.63, 3.8) is 0 Å². The topological polar surface area (TPSA) is 64.3 Å². The highest BCUT2D eigenvalue weighted by Gasteiger charge is 2.17. The van der Waals surface area contributed by atoms with E-state index in [1.807, 2.05) is 6.92 Å². The number of amides is 1. The van der Waals surface area contributed by atoms with Crippen LogP contribution in [-0.2, 0) is 9.53 Å². The largest absolute Gasteiger partial charge is 0.382 e. The quantitative estimate of drug-likeness (QED) is 0.575. The van der Waals surface area contributed by atoms with Gasteiger partial charge in [-0.1, -0.05) is 13.8 Å². The lowest BCUT2D eigenvalue weighted by atomic mass is 9.88. The maximum atomic E-state index is 11.5. The van der Waals surface area contributed by atoms with Crippen LogP contribution in [-0.4, -0.2) is 32.2 Å². The number of nitrogens with two attached hydrogens (primary N) is 1. The van der Waals surface area contributed by atoms with E-state index in [9.17, 15) is 4.79 Å². The number of carbonyl (C=O) groups is 1. The van der Waals surface area contributed by atoms with Crippen LogP contribution in [0.2, 0.25) is 0 Å². The zero-order valence-corrected chi connectivity index (χ0v) is 11.6. The molecule has 4 heteroatoms. The molecule has 0 aliphatic carbocycles. The van der Waals surface area contributed by atoms with Gasteiger partial charge in [0.05, 0.1) is 0 Å². The van der Waals surface area contributed by atoms with Gasteiger partial charge in [0.25, 0.3) is 0 Å². The van der Waals surface area contributed by atoms with Crippen LogP contribution in [0, 0.1) is 5.41 Å². The Hall–Kier alpha value is -0.610. The van der Waals surface area contributed by atoms with Crippen molar-refractivity contribution < 1.29 is 9.53 Å². The van der Waals surface area contributed by atoms with Crippen molar-refractivity contribution in [3.05, 3.63) is 0 Å². The minimum Gasteiger partial charge on any atom is -0.382 e. The molecule has 0 spiro atoms. The Bertz CT molecular complexity index is 206. The molecule has 0 heterocycles. The number of ether oxygens (including phenoxy) is 1. The molecule has 0 aromatic heterocycles. The fraction of sp³-hybridized carbons (Fsp3) is 0.923. The lowest BCUT2D eigenvalue weighted by Gasteiger charge is -2.24. The minimum absolute atomic E-state index is 0.116. The molecular formula is C13H28N2O2. The van der Waals surface area contributed by atoms with Crippen molar-refractivity contribution >= 4 is 5.91 Å². The molecule has 0 unspecified atom stereocenters. The molecule has 102 valence electrons. The zero-order chi connectivity index (χ0) is 13.1. The molecule has 4 nitrogen and oxygen atoms in total. The van der Waals surface area contributed by atoms with Crippen LogP contribution in [0.4, 0.5) is 0 Å². The molecule has 0 radical (unpaired) electrons. The summed E-state index contributed by atoms with van der Waals surface area (Å²) in [6.07, 6.45) is 3.39. The Morgan fingerprint density at radius 1 is 1.35 bits per heavy atom. The van der Waals surface area contributed by atoms with Gasteiger partial charge in [-0.2, -0.15) is 0 Å². The van der Waals surface area contributed by atoms with E-state index in [4.69, 9.17) is 10.5 Å². The fourth-order valence-electron chi connectivity index (χ4n) is 1.57. The number of nitrogens with one attached hydrogen (secondary N) is 1. The van der Waals surface area contributed by atoms with Crippen LogP contribution in [0.15, 0.2) is 0 Å². The highest BCUT2D eigenvalue weighted by molar-refractivity contribution is 5.75. The summed E-state index contributed by atoms with van der Waals surface area (Å²) in [5, 5.41) is 2.97. The van der Waals surface area contributed by atoms with E-state index in [1.54, 1.807) is 0 Å². The molecule has 0 rings (SSSR count). The summed E-state index contributed by atoms with van der Waals surface area (Å²) in [6, 6.07) is 0. The molecule has 0 aliphatic heterocycles. The Morgan fingerprint density at radius 2 is 2.06 bits per heavy atom. The Balaban J connectivity index is 3.60. The molecule has 0 saturated heterocycles. The molecule has 0 fully saturated rings. The predicted octanol–water partition coefficient (Wildman–Crippen LogP) is 1.68. The van der Waals surface area contributed by atoms with E-state index in [-0.39, 0.29) is 11.3 Å². The lowest BCUT2D eigenvalue weighted by Crippen LogP contribution is -2.34. The molecule has 0 aliphatic rings. The summed E-state index contributed by atoms with van der Waals surface area (Å²) in [5.41, 5.74) is 5.62. The summed E-state index contributed by atoms with van der Waals surface area (Å²) in [4.78, 5) is 11.5. The summed E-state index contributed by atoms with van der Waals surface area (Å²) in [6.45, 7) is 9.09. The normalized spacial score (nSPS) is 11.5. The van der Waals surface area contributed by atoms with E-state index < -0.39 is 0 Å². The van der Waals surface area contributed by atoms with Crippen LogP contribution in [0.3, 0.4) is 0 Å². The molecule has 0 bridgehead atoms. The van der Waals surface area contributed by atoms with Gasteiger partial charge in [0.15, 0.2) is 0 Å². The Kier molecular flexibility index (Phi) is 9.09. The summed E-state index contributed by atoms with van der Waals surface area (Å²) in [7, 11) is 0. The first-order valence-electron chi connectivity index (χ1n) is 6.56.